The van der Waals surface area contributed by atoms with Crippen molar-refractivity contribution in [3.8, 4) is 0 Å². The maximum absolute atomic E-state index is 12.8. The molecule has 2 amide bonds. The van der Waals surface area contributed by atoms with Gasteiger partial charge in [0.2, 0.25) is 11.8 Å². The van der Waals surface area contributed by atoms with Gasteiger partial charge in [0.25, 0.3) is 0 Å². The van der Waals surface area contributed by atoms with Gasteiger partial charge in [-0.3, -0.25) is 9.59 Å². The first-order valence-corrected chi connectivity index (χ1v) is 10.4. The van der Waals surface area contributed by atoms with E-state index in [4.69, 9.17) is 0 Å². The molecule has 0 spiro atoms. The topological polar surface area (TPSA) is 62.3 Å². The van der Waals surface area contributed by atoms with Gasteiger partial charge >= 0.3 is 0 Å². The number of aromatic nitrogens is 1. The van der Waals surface area contributed by atoms with Gasteiger partial charge in [0.15, 0.2) is 5.13 Å². The molecular weight excluding hydrogens is 366 g/mol. The lowest BCUT2D eigenvalue weighted by molar-refractivity contribution is -0.135. The van der Waals surface area contributed by atoms with Crippen LogP contribution < -0.4 is 5.32 Å². The summed E-state index contributed by atoms with van der Waals surface area (Å²) < 4.78 is 1.04. The van der Waals surface area contributed by atoms with Crippen molar-refractivity contribution in [2.24, 2.45) is 0 Å². The Morgan fingerprint density at radius 1 is 1.31 bits per heavy atom. The zero-order chi connectivity index (χ0) is 17.9. The molecule has 3 heterocycles. The molecular formula is C19H17N3O2S2. The Hall–Kier alpha value is -2.12. The van der Waals surface area contributed by atoms with Gasteiger partial charge in [-0.1, -0.05) is 41.7 Å². The van der Waals surface area contributed by atoms with E-state index in [2.05, 4.69) is 29.4 Å². The lowest BCUT2D eigenvalue weighted by Crippen LogP contribution is -2.48. The maximum atomic E-state index is 12.8. The van der Waals surface area contributed by atoms with E-state index in [1.807, 2.05) is 24.3 Å². The van der Waals surface area contributed by atoms with E-state index in [0.717, 1.165) is 27.4 Å². The molecule has 5 nitrogen and oxygen atoms in total. The van der Waals surface area contributed by atoms with Gasteiger partial charge in [0, 0.05) is 17.6 Å². The third-order valence-corrected chi connectivity index (χ3v) is 7.70. The van der Waals surface area contributed by atoms with Gasteiger partial charge in [-0.2, -0.15) is 0 Å². The SMILES string of the molecule is CC12CCC(=O)N1C(C(=O)Nc1nc3c(ccc4ccccc43)s1)CS2. The molecule has 1 aromatic heterocycles. The minimum absolute atomic E-state index is 0.0768. The molecule has 2 fully saturated rings. The number of rotatable bonds is 2. The number of fused-ring (bicyclic) bond motifs is 4. The molecule has 5 rings (SSSR count). The molecule has 7 heteroatoms. The third kappa shape index (κ3) is 2.34. The van der Waals surface area contributed by atoms with Crippen LogP contribution in [0.1, 0.15) is 19.8 Å². The lowest BCUT2D eigenvalue weighted by Gasteiger charge is -2.29. The van der Waals surface area contributed by atoms with E-state index in [-0.39, 0.29) is 16.7 Å². The predicted molar refractivity (Wildman–Crippen MR) is 106 cm³/mol. The zero-order valence-electron chi connectivity index (χ0n) is 14.2. The lowest BCUT2D eigenvalue weighted by atomic mass is 10.1. The fourth-order valence-corrected chi connectivity index (χ4v) is 6.24. The Morgan fingerprint density at radius 3 is 3.04 bits per heavy atom. The van der Waals surface area contributed by atoms with E-state index in [1.165, 1.54) is 11.3 Å². The third-order valence-electron chi connectivity index (χ3n) is 5.26. The number of hydrogen-bond acceptors (Lipinski definition) is 5. The van der Waals surface area contributed by atoms with Crippen molar-refractivity contribution in [3.63, 3.8) is 0 Å². The van der Waals surface area contributed by atoms with Crippen molar-refractivity contribution in [1.82, 2.24) is 9.88 Å². The normalized spacial score (nSPS) is 25.2. The highest BCUT2D eigenvalue weighted by Crippen LogP contribution is 2.47. The highest BCUT2D eigenvalue weighted by atomic mass is 32.2. The first-order valence-electron chi connectivity index (χ1n) is 8.60. The first-order chi connectivity index (χ1) is 12.5. The zero-order valence-corrected chi connectivity index (χ0v) is 15.8. The number of anilines is 1. The van der Waals surface area contributed by atoms with Gasteiger partial charge in [0.1, 0.15) is 6.04 Å². The Balaban J connectivity index is 1.45. The summed E-state index contributed by atoms with van der Waals surface area (Å²) in [6, 6.07) is 11.8. The van der Waals surface area contributed by atoms with Crippen molar-refractivity contribution in [2.75, 3.05) is 11.1 Å². The van der Waals surface area contributed by atoms with Crippen LogP contribution in [0.2, 0.25) is 0 Å². The Labute approximate surface area is 158 Å². The number of carbonyl (C=O) groups excluding carboxylic acids is 2. The van der Waals surface area contributed by atoms with Crippen LogP contribution in [-0.2, 0) is 9.59 Å². The van der Waals surface area contributed by atoms with E-state index < -0.39 is 6.04 Å². The standard InChI is InChI=1S/C19H17N3O2S2/c1-19-9-8-15(23)22(19)13(10-25-19)17(24)21-18-20-16-12-5-3-2-4-11(12)6-7-14(16)26-18/h2-7,13H,8-10H2,1H3,(H,20,21,24). The summed E-state index contributed by atoms with van der Waals surface area (Å²) >= 11 is 3.17. The molecule has 132 valence electrons. The largest absolute Gasteiger partial charge is 0.315 e. The van der Waals surface area contributed by atoms with Crippen LogP contribution in [0.5, 0.6) is 0 Å². The number of nitrogens with zero attached hydrogens (tertiary/aromatic N) is 2. The minimum Gasteiger partial charge on any atom is -0.315 e. The van der Waals surface area contributed by atoms with Crippen molar-refractivity contribution < 1.29 is 9.59 Å². The second-order valence-electron chi connectivity index (χ2n) is 6.91. The average molecular weight is 383 g/mol. The molecule has 2 aliphatic heterocycles. The summed E-state index contributed by atoms with van der Waals surface area (Å²) in [7, 11) is 0. The number of benzene rings is 2. The summed E-state index contributed by atoms with van der Waals surface area (Å²) in [5.74, 6) is 0.579. The second-order valence-corrected chi connectivity index (χ2v) is 9.44. The van der Waals surface area contributed by atoms with E-state index in [0.29, 0.717) is 17.3 Å². The second kappa shape index (κ2) is 5.69. The van der Waals surface area contributed by atoms with E-state index in [1.54, 1.807) is 16.7 Å². The van der Waals surface area contributed by atoms with Crippen molar-refractivity contribution in [3.05, 3.63) is 36.4 Å². The monoisotopic (exact) mass is 383 g/mol. The molecule has 0 radical (unpaired) electrons. The van der Waals surface area contributed by atoms with Crippen LogP contribution in [0.25, 0.3) is 21.0 Å². The number of nitrogens with one attached hydrogen (secondary N) is 1. The first kappa shape index (κ1) is 16.1. The van der Waals surface area contributed by atoms with E-state index in [9.17, 15) is 9.59 Å². The Kier molecular flexibility index (Phi) is 3.52. The molecule has 2 aromatic carbocycles. The molecule has 0 aliphatic carbocycles. The van der Waals surface area contributed by atoms with Crippen molar-refractivity contribution >= 4 is 61.0 Å². The maximum Gasteiger partial charge on any atom is 0.249 e. The van der Waals surface area contributed by atoms with Gasteiger partial charge in [0.05, 0.1) is 15.1 Å². The fraction of sp³-hybridized carbons (Fsp3) is 0.316. The van der Waals surface area contributed by atoms with Crippen LogP contribution in [0.4, 0.5) is 5.13 Å². The fourth-order valence-electron chi connectivity index (χ4n) is 3.92. The van der Waals surface area contributed by atoms with Crippen molar-refractivity contribution in [1.29, 1.82) is 0 Å². The number of carbonyl (C=O) groups is 2. The minimum atomic E-state index is -0.413. The number of hydrogen-bond donors (Lipinski definition) is 1. The van der Waals surface area contributed by atoms with Gasteiger partial charge in [-0.15, -0.1) is 11.8 Å². The predicted octanol–water partition coefficient (Wildman–Crippen LogP) is 3.84. The molecule has 0 saturated carbocycles. The highest BCUT2D eigenvalue weighted by molar-refractivity contribution is 8.01. The highest BCUT2D eigenvalue weighted by Gasteiger charge is 2.52. The molecule has 26 heavy (non-hydrogen) atoms. The molecule has 2 atom stereocenters. The Bertz CT molecular complexity index is 1060. The van der Waals surface area contributed by atoms with Crippen LogP contribution in [0.3, 0.4) is 0 Å². The molecule has 2 unspecified atom stereocenters. The average Bonchev–Trinajstić information content (AvgIpc) is 3.28. The molecule has 0 bridgehead atoms. The van der Waals surface area contributed by atoms with Crippen LogP contribution in [0, 0.1) is 0 Å². The Morgan fingerprint density at radius 2 is 2.15 bits per heavy atom. The van der Waals surface area contributed by atoms with Crippen molar-refractivity contribution in [2.45, 2.75) is 30.7 Å². The summed E-state index contributed by atoms with van der Waals surface area (Å²) in [5, 5.41) is 5.76. The number of amides is 2. The molecule has 1 N–H and O–H groups in total. The summed E-state index contributed by atoms with van der Waals surface area (Å²) in [6.45, 7) is 2.06. The van der Waals surface area contributed by atoms with Crippen LogP contribution in [0.15, 0.2) is 36.4 Å². The summed E-state index contributed by atoms with van der Waals surface area (Å²) in [6.07, 6.45) is 1.34. The number of thioether (sulfide) groups is 1. The molecule has 2 saturated heterocycles. The van der Waals surface area contributed by atoms with Crippen LogP contribution in [-0.4, -0.2) is 38.4 Å². The van der Waals surface area contributed by atoms with Crippen LogP contribution >= 0.6 is 23.1 Å². The van der Waals surface area contributed by atoms with Gasteiger partial charge in [-0.25, -0.2) is 4.98 Å². The smallest absolute Gasteiger partial charge is 0.249 e. The molecule has 3 aromatic rings. The quantitative estimate of drug-likeness (QED) is 0.730. The number of thiazole rings is 1. The van der Waals surface area contributed by atoms with Gasteiger partial charge in [-0.05, 0) is 24.8 Å². The molecule has 2 aliphatic rings. The summed E-state index contributed by atoms with van der Waals surface area (Å²) in [4.78, 5) is 31.3. The van der Waals surface area contributed by atoms with Gasteiger partial charge < -0.3 is 10.2 Å². The summed E-state index contributed by atoms with van der Waals surface area (Å²) in [5.41, 5.74) is 0.909. The van der Waals surface area contributed by atoms with E-state index >= 15 is 0 Å².